The lowest BCUT2D eigenvalue weighted by Crippen LogP contribution is -2.62. The van der Waals surface area contributed by atoms with Gasteiger partial charge in [0.15, 0.2) is 0 Å². The van der Waals surface area contributed by atoms with Crippen LogP contribution in [0.3, 0.4) is 0 Å². The maximum atomic E-state index is 12.4. The van der Waals surface area contributed by atoms with Crippen LogP contribution in [0.2, 0.25) is 0 Å². The van der Waals surface area contributed by atoms with Gasteiger partial charge in [0.2, 0.25) is 0 Å². The second-order valence-electron chi connectivity index (χ2n) is 7.98. The minimum absolute atomic E-state index is 0.0725. The maximum Gasteiger partial charge on any atom is 0.317 e. The van der Waals surface area contributed by atoms with Crippen LogP contribution in [0.25, 0.3) is 0 Å². The number of piperazine rings is 1. The Morgan fingerprint density at radius 2 is 1.78 bits per heavy atom. The minimum atomic E-state index is 0.0725. The summed E-state index contributed by atoms with van der Waals surface area (Å²) >= 11 is 0. The van der Waals surface area contributed by atoms with E-state index < -0.39 is 0 Å². The van der Waals surface area contributed by atoms with E-state index in [9.17, 15) is 4.79 Å². The van der Waals surface area contributed by atoms with Crippen LogP contribution in [0.5, 0.6) is 5.75 Å². The molecule has 4 heterocycles. The molecule has 6 heteroatoms. The number of fused-ring (bicyclic) bond motifs is 3. The van der Waals surface area contributed by atoms with Crippen molar-refractivity contribution < 1.29 is 9.53 Å². The molecular formula is C21H32N4O2. The second kappa shape index (κ2) is 8.93. The average Bonchev–Trinajstić information content (AvgIpc) is 2.75. The van der Waals surface area contributed by atoms with Crippen LogP contribution in [-0.4, -0.2) is 85.7 Å². The van der Waals surface area contributed by atoms with Gasteiger partial charge in [-0.15, -0.1) is 0 Å². The molecule has 0 aromatic heterocycles. The number of rotatable bonds is 6. The molecule has 5 rings (SSSR count). The summed E-state index contributed by atoms with van der Waals surface area (Å²) in [6.45, 7) is 8.81. The third kappa shape index (κ3) is 4.74. The van der Waals surface area contributed by atoms with Crippen molar-refractivity contribution in [1.82, 2.24) is 20.0 Å². The SMILES string of the molecule is O=C(NCCCOc1ccccc1)N1CCN([C@@H]2CN3CCC2CC3)CC1. The molecule has 0 saturated carbocycles. The molecule has 4 saturated heterocycles. The largest absolute Gasteiger partial charge is 0.494 e. The molecule has 6 nitrogen and oxygen atoms in total. The minimum Gasteiger partial charge on any atom is -0.494 e. The van der Waals surface area contributed by atoms with E-state index in [1.165, 1.54) is 32.5 Å². The van der Waals surface area contributed by atoms with Crippen molar-refractivity contribution in [3.8, 4) is 5.75 Å². The molecule has 0 aliphatic carbocycles. The van der Waals surface area contributed by atoms with Crippen molar-refractivity contribution in [2.75, 3.05) is 59.0 Å². The van der Waals surface area contributed by atoms with Crippen molar-refractivity contribution in [3.05, 3.63) is 30.3 Å². The zero-order chi connectivity index (χ0) is 18.5. The van der Waals surface area contributed by atoms with E-state index >= 15 is 0 Å². The van der Waals surface area contributed by atoms with Crippen LogP contribution >= 0.6 is 0 Å². The van der Waals surface area contributed by atoms with E-state index in [1.54, 1.807) is 0 Å². The number of carbonyl (C=O) groups excluding carboxylic acids is 1. The summed E-state index contributed by atoms with van der Waals surface area (Å²) < 4.78 is 5.66. The van der Waals surface area contributed by atoms with Crippen LogP contribution in [0.4, 0.5) is 4.79 Å². The first-order valence-electron chi connectivity index (χ1n) is 10.5. The summed E-state index contributed by atoms with van der Waals surface area (Å²) in [6, 6.07) is 10.6. The lowest BCUT2D eigenvalue weighted by atomic mass is 9.83. The highest BCUT2D eigenvalue weighted by molar-refractivity contribution is 5.74. The number of amides is 2. The van der Waals surface area contributed by atoms with Gasteiger partial charge in [-0.2, -0.15) is 0 Å². The quantitative estimate of drug-likeness (QED) is 0.775. The molecule has 2 bridgehead atoms. The first-order valence-corrected chi connectivity index (χ1v) is 10.5. The lowest BCUT2D eigenvalue weighted by molar-refractivity contribution is -0.0103. The molecule has 1 atom stereocenters. The van der Waals surface area contributed by atoms with Gasteiger partial charge in [0.05, 0.1) is 6.61 Å². The molecule has 27 heavy (non-hydrogen) atoms. The van der Waals surface area contributed by atoms with Crippen LogP contribution in [0.15, 0.2) is 30.3 Å². The van der Waals surface area contributed by atoms with Crippen molar-refractivity contribution in [1.29, 1.82) is 0 Å². The highest BCUT2D eigenvalue weighted by Crippen LogP contribution is 2.31. The first-order chi connectivity index (χ1) is 13.3. The van der Waals surface area contributed by atoms with Crippen molar-refractivity contribution >= 4 is 6.03 Å². The van der Waals surface area contributed by atoms with Crippen LogP contribution < -0.4 is 10.1 Å². The van der Waals surface area contributed by atoms with Gasteiger partial charge in [0.1, 0.15) is 5.75 Å². The Morgan fingerprint density at radius 1 is 1.04 bits per heavy atom. The number of nitrogens with one attached hydrogen (secondary N) is 1. The zero-order valence-corrected chi connectivity index (χ0v) is 16.2. The second-order valence-corrected chi connectivity index (χ2v) is 7.98. The fourth-order valence-corrected chi connectivity index (χ4v) is 4.69. The molecule has 4 aliphatic rings. The molecule has 1 N–H and O–H groups in total. The molecule has 0 spiro atoms. The molecule has 4 fully saturated rings. The Hall–Kier alpha value is -1.79. The van der Waals surface area contributed by atoms with Crippen LogP contribution in [-0.2, 0) is 0 Å². The summed E-state index contributed by atoms with van der Waals surface area (Å²) in [7, 11) is 0. The number of benzene rings is 1. The summed E-state index contributed by atoms with van der Waals surface area (Å²) in [4.78, 5) is 19.6. The Balaban J connectivity index is 1.12. The van der Waals surface area contributed by atoms with Gasteiger partial charge in [0, 0.05) is 45.3 Å². The summed E-state index contributed by atoms with van der Waals surface area (Å²) in [5, 5.41) is 3.04. The lowest BCUT2D eigenvalue weighted by Gasteiger charge is -2.50. The molecule has 148 valence electrons. The van der Waals surface area contributed by atoms with E-state index in [1.807, 2.05) is 35.2 Å². The van der Waals surface area contributed by atoms with Gasteiger partial charge in [-0.05, 0) is 50.4 Å². The summed E-state index contributed by atoms with van der Waals surface area (Å²) in [5.74, 6) is 1.76. The number of para-hydroxylation sites is 1. The monoisotopic (exact) mass is 372 g/mol. The normalized spacial score (nSPS) is 28.1. The van der Waals surface area contributed by atoms with Gasteiger partial charge in [-0.3, -0.25) is 4.90 Å². The highest BCUT2D eigenvalue weighted by Gasteiger charge is 2.38. The van der Waals surface area contributed by atoms with Crippen molar-refractivity contribution in [2.24, 2.45) is 5.92 Å². The molecule has 0 unspecified atom stereocenters. The van der Waals surface area contributed by atoms with E-state index in [2.05, 4.69) is 15.1 Å². The van der Waals surface area contributed by atoms with E-state index in [0.29, 0.717) is 19.2 Å². The fourth-order valence-electron chi connectivity index (χ4n) is 4.69. The molecule has 0 radical (unpaired) electrons. The predicted molar refractivity (Wildman–Crippen MR) is 106 cm³/mol. The highest BCUT2D eigenvalue weighted by atomic mass is 16.5. The number of urea groups is 1. The Morgan fingerprint density at radius 3 is 2.44 bits per heavy atom. The Bertz CT molecular complexity index is 595. The molecule has 2 amide bonds. The van der Waals surface area contributed by atoms with Crippen LogP contribution in [0.1, 0.15) is 19.3 Å². The number of carbonyl (C=O) groups is 1. The van der Waals surface area contributed by atoms with Crippen molar-refractivity contribution in [3.63, 3.8) is 0 Å². The average molecular weight is 373 g/mol. The molecular weight excluding hydrogens is 340 g/mol. The summed E-state index contributed by atoms with van der Waals surface area (Å²) in [5.41, 5.74) is 0. The fraction of sp³-hybridized carbons (Fsp3) is 0.667. The molecule has 1 aromatic carbocycles. The van der Waals surface area contributed by atoms with Crippen molar-refractivity contribution in [2.45, 2.75) is 25.3 Å². The van der Waals surface area contributed by atoms with E-state index in [0.717, 1.165) is 44.3 Å². The van der Waals surface area contributed by atoms with Gasteiger partial charge in [-0.1, -0.05) is 18.2 Å². The van der Waals surface area contributed by atoms with Gasteiger partial charge in [-0.25, -0.2) is 4.79 Å². The van der Waals surface area contributed by atoms with Gasteiger partial charge in [0.25, 0.3) is 0 Å². The van der Waals surface area contributed by atoms with Crippen LogP contribution in [0, 0.1) is 5.92 Å². The number of piperidine rings is 3. The first kappa shape index (κ1) is 18.6. The number of ether oxygens (including phenoxy) is 1. The topological polar surface area (TPSA) is 48.1 Å². The third-order valence-electron chi connectivity index (χ3n) is 6.30. The number of nitrogens with zero attached hydrogens (tertiary/aromatic N) is 3. The zero-order valence-electron chi connectivity index (χ0n) is 16.2. The van der Waals surface area contributed by atoms with E-state index in [4.69, 9.17) is 4.74 Å². The van der Waals surface area contributed by atoms with E-state index in [-0.39, 0.29) is 6.03 Å². The number of hydrogen-bond donors (Lipinski definition) is 1. The maximum absolute atomic E-state index is 12.4. The predicted octanol–water partition coefficient (Wildman–Crippen LogP) is 1.88. The molecule has 1 aromatic rings. The third-order valence-corrected chi connectivity index (χ3v) is 6.30. The Labute approximate surface area is 162 Å². The van der Waals surface area contributed by atoms with Gasteiger partial charge >= 0.3 is 6.03 Å². The Kier molecular flexibility index (Phi) is 6.14. The number of hydrogen-bond acceptors (Lipinski definition) is 4. The summed E-state index contributed by atoms with van der Waals surface area (Å²) in [6.07, 6.45) is 3.53. The van der Waals surface area contributed by atoms with Gasteiger partial charge < -0.3 is 19.9 Å². The smallest absolute Gasteiger partial charge is 0.317 e. The molecule has 4 aliphatic heterocycles. The standard InChI is InChI=1S/C21H32N4O2/c26-21(22-9-4-16-27-19-5-2-1-3-6-19)25-14-12-24(13-15-25)20-17-23-10-7-18(20)8-11-23/h1-3,5-6,18,20H,4,7-17H2,(H,22,26)/t20-/m1/s1.